The molecule has 88 valence electrons. The molecule has 3 nitrogen and oxygen atoms in total. The maximum Gasteiger partial charge on any atom is 0.123 e. The molecule has 2 aromatic rings. The van der Waals surface area contributed by atoms with Gasteiger partial charge in [-0.1, -0.05) is 12.1 Å². The number of rotatable bonds is 1. The second-order valence-electron chi connectivity index (χ2n) is 4.58. The maximum atomic E-state index is 12.9. The number of anilines is 1. The first-order chi connectivity index (χ1) is 8.24. The summed E-state index contributed by atoms with van der Waals surface area (Å²) in [5.74, 6) is 0.0740. The van der Waals surface area contributed by atoms with Gasteiger partial charge in [0.2, 0.25) is 0 Å². The molecule has 2 atom stereocenters. The molecule has 1 aliphatic heterocycles. The van der Waals surface area contributed by atoms with Crippen molar-refractivity contribution in [2.75, 3.05) is 5.32 Å². The maximum absolute atomic E-state index is 12.9. The van der Waals surface area contributed by atoms with Gasteiger partial charge in [0.1, 0.15) is 5.82 Å². The van der Waals surface area contributed by atoms with E-state index in [0.717, 1.165) is 23.4 Å². The van der Waals surface area contributed by atoms with Crippen LogP contribution >= 0.6 is 0 Å². The molecule has 1 aromatic heterocycles. The van der Waals surface area contributed by atoms with Crippen LogP contribution in [-0.4, -0.2) is 16.2 Å². The van der Waals surface area contributed by atoms with Crippen LogP contribution in [0.25, 0.3) is 0 Å². The normalized spacial score (nSPS) is 22.9. The van der Waals surface area contributed by atoms with E-state index in [-0.39, 0.29) is 11.7 Å². The molecule has 0 saturated heterocycles. The molecule has 0 bridgehead atoms. The molecule has 4 heteroatoms. The molecule has 17 heavy (non-hydrogen) atoms. The predicted octanol–water partition coefficient (Wildman–Crippen LogP) is 2.88. The first kappa shape index (κ1) is 10.3. The molecule has 0 saturated carbocycles. The minimum Gasteiger partial charge on any atom is -0.380 e. The monoisotopic (exact) mass is 231 g/mol. The fourth-order valence-corrected chi connectivity index (χ4v) is 2.47. The van der Waals surface area contributed by atoms with Crippen LogP contribution in [0.4, 0.5) is 10.1 Å². The SMILES string of the molecule is C[C@H]1CC(c2ccc(F)cc2)c2[nH]ncc2N1. The van der Waals surface area contributed by atoms with E-state index < -0.39 is 0 Å². The second kappa shape index (κ2) is 3.87. The molecule has 0 aliphatic carbocycles. The molecule has 0 radical (unpaired) electrons. The van der Waals surface area contributed by atoms with Crippen LogP contribution < -0.4 is 5.32 Å². The third kappa shape index (κ3) is 1.79. The van der Waals surface area contributed by atoms with Crippen molar-refractivity contribution < 1.29 is 4.39 Å². The third-order valence-corrected chi connectivity index (χ3v) is 3.28. The lowest BCUT2D eigenvalue weighted by Crippen LogP contribution is -2.25. The first-order valence-electron chi connectivity index (χ1n) is 5.79. The van der Waals surface area contributed by atoms with Crippen molar-refractivity contribution >= 4 is 5.69 Å². The van der Waals surface area contributed by atoms with Crippen molar-refractivity contribution in [2.45, 2.75) is 25.3 Å². The Balaban J connectivity index is 2.01. The summed E-state index contributed by atoms with van der Waals surface area (Å²) in [5, 5.41) is 10.5. The van der Waals surface area contributed by atoms with Crippen molar-refractivity contribution in [3.05, 3.63) is 47.5 Å². The van der Waals surface area contributed by atoms with Gasteiger partial charge in [-0.2, -0.15) is 5.10 Å². The number of nitrogens with one attached hydrogen (secondary N) is 2. The lowest BCUT2D eigenvalue weighted by atomic mass is 9.86. The van der Waals surface area contributed by atoms with Crippen LogP contribution in [-0.2, 0) is 0 Å². The Morgan fingerprint density at radius 1 is 1.29 bits per heavy atom. The summed E-state index contributed by atoms with van der Waals surface area (Å²) >= 11 is 0. The van der Waals surface area contributed by atoms with E-state index in [0.29, 0.717) is 6.04 Å². The standard InChI is InChI=1S/C13H14FN3/c1-8-6-11(9-2-4-10(14)5-3-9)13-12(16-8)7-15-17-13/h2-5,7-8,11,16H,6H2,1H3,(H,15,17)/t8-,11?/m0/s1. The summed E-state index contributed by atoms with van der Waals surface area (Å²) in [6.07, 6.45) is 2.79. The summed E-state index contributed by atoms with van der Waals surface area (Å²) in [6, 6.07) is 7.12. The van der Waals surface area contributed by atoms with E-state index >= 15 is 0 Å². The van der Waals surface area contributed by atoms with Gasteiger partial charge in [0, 0.05) is 12.0 Å². The number of hydrogen-bond donors (Lipinski definition) is 2. The van der Waals surface area contributed by atoms with Crippen LogP contribution in [0.1, 0.15) is 30.5 Å². The number of nitrogens with zero attached hydrogens (tertiary/aromatic N) is 1. The molecule has 2 heterocycles. The summed E-state index contributed by atoms with van der Waals surface area (Å²) in [4.78, 5) is 0. The second-order valence-corrected chi connectivity index (χ2v) is 4.58. The average molecular weight is 231 g/mol. The molecule has 1 aromatic carbocycles. The summed E-state index contributed by atoms with van der Waals surface area (Å²) < 4.78 is 12.9. The van der Waals surface area contributed by atoms with Gasteiger partial charge in [-0.05, 0) is 31.0 Å². The van der Waals surface area contributed by atoms with Gasteiger partial charge >= 0.3 is 0 Å². The summed E-state index contributed by atoms with van der Waals surface area (Å²) in [7, 11) is 0. The number of aromatic nitrogens is 2. The van der Waals surface area contributed by atoms with Crippen LogP contribution in [0.15, 0.2) is 30.5 Å². The Morgan fingerprint density at radius 2 is 2.06 bits per heavy atom. The molecule has 1 aliphatic rings. The van der Waals surface area contributed by atoms with E-state index in [9.17, 15) is 4.39 Å². The van der Waals surface area contributed by atoms with Gasteiger partial charge in [0.25, 0.3) is 0 Å². The molecule has 1 unspecified atom stereocenters. The Morgan fingerprint density at radius 3 is 2.82 bits per heavy atom. The van der Waals surface area contributed by atoms with E-state index in [2.05, 4.69) is 22.4 Å². The van der Waals surface area contributed by atoms with Crippen LogP contribution in [0, 0.1) is 5.82 Å². The highest BCUT2D eigenvalue weighted by Gasteiger charge is 2.27. The molecule has 3 rings (SSSR count). The molecule has 0 fully saturated rings. The number of H-pyrrole nitrogens is 1. The number of hydrogen-bond acceptors (Lipinski definition) is 2. The Bertz CT molecular complexity index is 518. The number of fused-ring (bicyclic) bond motifs is 1. The first-order valence-corrected chi connectivity index (χ1v) is 5.79. The highest BCUT2D eigenvalue weighted by molar-refractivity contribution is 5.53. The van der Waals surface area contributed by atoms with Crippen molar-refractivity contribution in [3.63, 3.8) is 0 Å². The predicted molar refractivity (Wildman–Crippen MR) is 64.5 cm³/mol. The number of halogens is 1. The summed E-state index contributed by atoms with van der Waals surface area (Å²) in [6.45, 7) is 2.15. The Labute approximate surface area is 99.1 Å². The molecule has 0 spiro atoms. The average Bonchev–Trinajstić information content (AvgIpc) is 2.77. The van der Waals surface area contributed by atoms with Crippen molar-refractivity contribution in [1.29, 1.82) is 0 Å². The number of benzene rings is 1. The van der Waals surface area contributed by atoms with Crippen LogP contribution in [0.3, 0.4) is 0 Å². The van der Waals surface area contributed by atoms with E-state index in [1.165, 1.54) is 12.1 Å². The minimum absolute atomic E-state index is 0.194. The van der Waals surface area contributed by atoms with Gasteiger partial charge in [0.05, 0.1) is 17.6 Å². The van der Waals surface area contributed by atoms with Crippen molar-refractivity contribution in [1.82, 2.24) is 10.2 Å². The molecular formula is C13H14FN3. The fraction of sp³-hybridized carbons (Fsp3) is 0.308. The van der Waals surface area contributed by atoms with Gasteiger partial charge in [-0.25, -0.2) is 4.39 Å². The fourth-order valence-electron chi connectivity index (χ4n) is 2.47. The topological polar surface area (TPSA) is 40.7 Å². The molecular weight excluding hydrogens is 217 g/mol. The van der Waals surface area contributed by atoms with E-state index in [1.54, 1.807) is 0 Å². The van der Waals surface area contributed by atoms with E-state index in [4.69, 9.17) is 0 Å². The lowest BCUT2D eigenvalue weighted by molar-refractivity contribution is 0.597. The molecule has 2 N–H and O–H groups in total. The van der Waals surface area contributed by atoms with Gasteiger partial charge in [-0.3, -0.25) is 5.10 Å². The van der Waals surface area contributed by atoms with Gasteiger partial charge < -0.3 is 5.32 Å². The zero-order valence-electron chi connectivity index (χ0n) is 9.57. The zero-order valence-corrected chi connectivity index (χ0v) is 9.57. The minimum atomic E-state index is -0.194. The Kier molecular flexibility index (Phi) is 2.35. The smallest absolute Gasteiger partial charge is 0.123 e. The van der Waals surface area contributed by atoms with Gasteiger partial charge in [-0.15, -0.1) is 0 Å². The van der Waals surface area contributed by atoms with Crippen LogP contribution in [0.5, 0.6) is 0 Å². The van der Waals surface area contributed by atoms with Crippen molar-refractivity contribution in [2.24, 2.45) is 0 Å². The number of aromatic amines is 1. The highest BCUT2D eigenvalue weighted by atomic mass is 19.1. The van der Waals surface area contributed by atoms with E-state index in [1.807, 2.05) is 18.3 Å². The van der Waals surface area contributed by atoms with Gasteiger partial charge in [0.15, 0.2) is 0 Å². The third-order valence-electron chi connectivity index (χ3n) is 3.28. The largest absolute Gasteiger partial charge is 0.380 e. The zero-order chi connectivity index (χ0) is 11.8. The lowest BCUT2D eigenvalue weighted by Gasteiger charge is -2.28. The molecule has 0 amide bonds. The quantitative estimate of drug-likeness (QED) is 0.792. The highest BCUT2D eigenvalue weighted by Crippen LogP contribution is 2.36. The van der Waals surface area contributed by atoms with Crippen molar-refractivity contribution in [3.8, 4) is 0 Å². The van der Waals surface area contributed by atoms with Crippen LogP contribution in [0.2, 0.25) is 0 Å². The summed E-state index contributed by atoms with van der Waals surface area (Å²) in [5.41, 5.74) is 3.28. The Hall–Kier alpha value is -1.84.